The molecule has 35 heavy (non-hydrogen) atoms. The van der Waals surface area contributed by atoms with Crippen molar-refractivity contribution >= 4 is 11.8 Å². The van der Waals surface area contributed by atoms with Gasteiger partial charge < -0.3 is 15.3 Å². The number of hydrogen-bond acceptors (Lipinski definition) is 4. The third-order valence-corrected chi connectivity index (χ3v) is 11.9. The fourth-order valence-electron chi connectivity index (χ4n) is 9.36. The van der Waals surface area contributed by atoms with Crippen LogP contribution in [-0.4, -0.2) is 38.8 Å². The number of hydrogen-bond donors (Lipinski definition) is 3. The number of aliphatic carboxylic acids is 1. The van der Waals surface area contributed by atoms with Crippen molar-refractivity contribution in [1.82, 2.24) is 0 Å². The minimum absolute atomic E-state index is 0.0204. The molecule has 2 saturated carbocycles. The topological polar surface area (TPSA) is 94.8 Å². The fourth-order valence-corrected chi connectivity index (χ4v) is 9.36. The van der Waals surface area contributed by atoms with Crippen molar-refractivity contribution in [2.24, 2.45) is 39.4 Å². The van der Waals surface area contributed by atoms with Crippen LogP contribution < -0.4 is 0 Å². The van der Waals surface area contributed by atoms with E-state index in [9.17, 15) is 24.9 Å². The fraction of sp³-hybridized carbons (Fsp3) is 0.867. The maximum atomic E-state index is 12.8. The molecule has 0 unspecified atom stereocenters. The van der Waals surface area contributed by atoms with Crippen LogP contribution in [0.25, 0.3) is 0 Å². The first-order valence-corrected chi connectivity index (χ1v) is 13.9. The molecule has 0 amide bonds. The Morgan fingerprint density at radius 3 is 2.23 bits per heavy atom. The van der Waals surface area contributed by atoms with Gasteiger partial charge in [-0.05, 0) is 99.7 Å². The number of ketones is 1. The van der Waals surface area contributed by atoms with Gasteiger partial charge in [0, 0.05) is 11.8 Å². The summed E-state index contributed by atoms with van der Waals surface area (Å²) in [5.41, 5.74) is 1.62. The first kappa shape index (κ1) is 26.9. The van der Waals surface area contributed by atoms with Gasteiger partial charge in [0.25, 0.3) is 0 Å². The SMILES string of the molecule is CC(C)(O)[C@@H](O)CC[C@@H](C(=O)O)[C@@H]1CC[C@@]2(C)C3=C(CC[C@]12C)[C@@]1(C)CCC(=O)C(C)(C)[C@H]1CC3. The Kier molecular flexibility index (Phi) is 6.45. The average molecular weight is 489 g/mol. The summed E-state index contributed by atoms with van der Waals surface area (Å²) in [7, 11) is 0. The van der Waals surface area contributed by atoms with Crippen LogP contribution in [0.15, 0.2) is 11.1 Å². The molecule has 5 nitrogen and oxygen atoms in total. The Morgan fingerprint density at radius 1 is 0.971 bits per heavy atom. The van der Waals surface area contributed by atoms with Gasteiger partial charge in [-0.1, -0.05) is 45.8 Å². The van der Waals surface area contributed by atoms with Gasteiger partial charge in [0.05, 0.1) is 17.6 Å². The van der Waals surface area contributed by atoms with Crippen molar-refractivity contribution in [2.45, 2.75) is 124 Å². The molecule has 198 valence electrons. The monoisotopic (exact) mass is 488 g/mol. The zero-order valence-corrected chi connectivity index (χ0v) is 23.0. The lowest BCUT2D eigenvalue weighted by Crippen LogP contribution is -2.54. The predicted molar refractivity (Wildman–Crippen MR) is 137 cm³/mol. The first-order valence-electron chi connectivity index (χ1n) is 13.9. The minimum atomic E-state index is -1.23. The van der Waals surface area contributed by atoms with E-state index in [-0.39, 0.29) is 27.6 Å². The van der Waals surface area contributed by atoms with E-state index in [2.05, 4.69) is 34.6 Å². The van der Waals surface area contributed by atoms with Crippen LogP contribution in [0.3, 0.4) is 0 Å². The third kappa shape index (κ3) is 3.86. The van der Waals surface area contributed by atoms with Crippen LogP contribution >= 0.6 is 0 Å². The number of carbonyl (C=O) groups is 2. The van der Waals surface area contributed by atoms with Crippen LogP contribution in [-0.2, 0) is 9.59 Å². The molecule has 3 N–H and O–H groups in total. The molecular weight excluding hydrogens is 440 g/mol. The van der Waals surface area contributed by atoms with Gasteiger partial charge in [-0.25, -0.2) is 0 Å². The summed E-state index contributed by atoms with van der Waals surface area (Å²) in [6.07, 6.45) is 7.33. The van der Waals surface area contributed by atoms with Gasteiger partial charge in [0.15, 0.2) is 0 Å². The Morgan fingerprint density at radius 2 is 1.63 bits per heavy atom. The molecule has 0 saturated heterocycles. The Balaban J connectivity index is 1.66. The van der Waals surface area contributed by atoms with Crippen molar-refractivity contribution < 1.29 is 24.9 Å². The minimum Gasteiger partial charge on any atom is -0.481 e. The molecule has 4 rings (SSSR count). The lowest BCUT2D eigenvalue weighted by Gasteiger charge is -2.60. The summed E-state index contributed by atoms with van der Waals surface area (Å²) in [6.45, 7) is 14.6. The van der Waals surface area contributed by atoms with Crippen molar-refractivity contribution in [2.75, 3.05) is 0 Å². The van der Waals surface area contributed by atoms with Crippen LogP contribution in [0, 0.1) is 39.4 Å². The molecule has 4 aliphatic rings. The van der Waals surface area contributed by atoms with E-state index in [1.807, 2.05) is 0 Å². The molecule has 0 aromatic rings. The molecule has 4 aliphatic carbocycles. The number of Topliss-reactive ketones (excluding diaryl/α,β-unsaturated/α-hetero) is 1. The molecule has 0 aromatic carbocycles. The zero-order valence-electron chi connectivity index (χ0n) is 23.0. The van der Waals surface area contributed by atoms with E-state index in [4.69, 9.17) is 0 Å². The lowest BCUT2D eigenvalue weighted by atomic mass is 9.43. The van der Waals surface area contributed by atoms with E-state index in [0.717, 1.165) is 44.9 Å². The number of fused-ring (bicyclic) bond motifs is 4. The van der Waals surface area contributed by atoms with Crippen LogP contribution in [0.1, 0.15) is 113 Å². The molecule has 0 heterocycles. The van der Waals surface area contributed by atoms with Crippen LogP contribution in [0.2, 0.25) is 0 Å². The molecule has 0 bridgehead atoms. The van der Waals surface area contributed by atoms with Gasteiger partial charge in [-0.2, -0.15) is 0 Å². The number of carboxylic acids is 1. The Bertz CT molecular complexity index is 926. The summed E-state index contributed by atoms with van der Waals surface area (Å²) in [6, 6.07) is 0. The quantitative estimate of drug-likeness (QED) is 0.404. The third-order valence-electron chi connectivity index (χ3n) is 11.9. The number of carboxylic acid groups (broad SMARTS) is 1. The number of rotatable bonds is 6. The number of carbonyl (C=O) groups excluding carboxylic acids is 1. The largest absolute Gasteiger partial charge is 0.481 e. The maximum Gasteiger partial charge on any atom is 0.306 e. The second-order valence-electron chi connectivity index (χ2n) is 14.2. The molecule has 7 atom stereocenters. The van der Waals surface area contributed by atoms with Gasteiger partial charge in [0.2, 0.25) is 0 Å². The van der Waals surface area contributed by atoms with Crippen molar-refractivity contribution in [3.05, 3.63) is 11.1 Å². The van der Waals surface area contributed by atoms with E-state index in [1.165, 1.54) is 0 Å². The second-order valence-corrected chi connectivity index (χ2v) is 14.2. The van der Waals surface area contributed by atoms with Gasteiger partial charge in [0.1, 0.15) is 5.78 Å². The number of aliphatic hydroxyl groups excluding tert-OH is 1. The molecule has 0 radical (unpaired) electrons. The Hall–Kier alpha value is -1.20. The normalized spacial score (nSPS) is 40.5. The predicted octanol–water partition coefficient (Wildman–Crippen LogP) is 5.92. The van der Waals surface area contributed by atoms with Crippen molar-refractivity contribution in [1.29, 1.82) is 0 Å². The van der Waals surface area contributed by atoms with Crippen LogP contribution in [0.4, 0.5) is 0 Å². The summed E-state index contributed by atoms with van der Waals surface area (Å²) in [5, 5.41) is 30.8. The van der Waals surface area contributed by atoms with Crippen molar-refractivity contribution in [3.8, 4) is 0 Å². The van der Waals surface area contributed by atoms with Gasteiger partial charge in [-0.3, -0.25) is 9.59 Å². The zero-order chi connectivity index (χ0) is 26.2. The maximum absolute atomic E-state index is 12.8. The molecular formula is C30H48O5. The summed E-state index contributed by atoms with van der Waals surface area (Å²) < 4.78 is 0. The highest BCUT2D eigenvalue weighted by Gasteiger charge is 2.64. The van der Waals surface area contributed by atoms with E-state index >= 15 is 0 Å². The van der Waals surface area contributed by atoms with Gasteiger partial charge >= 0.3 is 5.97 Å². The summed E-state index contributed by atoms with van der Waals surface area (Å²) in [5.74, 6) is -0.432. The highest BCUT2D eigenvalue weighted by atomic mass is 16.4. The van der Waals surface area contributed by atoms with E-state index in [0.29, 0.717) is 31.0 Å². The molecule has 0 spiro atoms. The first-order chi connectivity index (χ1) is 16.0. The van der Waals surface area contributed by atoms with Crippen molar-refractivity contribution in [3.63, 3.8) is 0 Å². The molecule has 0 aliphatic heterocycles. The standard InChI is InChI=1S/C30H48O5/c1-26(2)22-10-9-21-20(28(22,5)15-14-23(26)31)13-17-29(6)19(12-16-30(21,29)7)18(25(33)34)8-11-24(32)27(3,4)35/h18-19,22,24,32,35H,8-17H2,1-7H3,(H,33,34)/t18-,19+,22-,24+,28-,29-,30+/m1/s1. The van der Waals surface area contributed by atoms with E-state index in [1.54, 1.807) is 25.0 Å². The number of allylic oxidation sites excluding steroid dienone is 2. The highest BCUT2D eigenvalue weighted by Crippen LogP contribution is 2.72. The van der Waals surface area contributed by atoms with E-state index < -0.39 is 23.6 Å². The Labute approximate surface area is 211 Å². The van der Waals surface area contributed by atoms with Gasteiger partial charge in [-0.15, -0.1) is 0 Å². The second kappa shape index (κ2) is 8.41. The number of aliphatic hydroxyl groups is 2. The highest BCUT2D eigenvalue weighted by molar-refractivity contribution is 5.85. The lowest BCUT2D eigenvalue weighted by molar-refractivity contribution is -0.147. The van der Waals surface area contributed by atoms with Crippen LogP contribution in [0.5, 0.6) is 0 Å². The average Bonchev–Trinajstić information content (AvgIpc) is 3.02. The summed E-state index contributed by atoms with van der Waals surface area (Å²) >= 11 is 0. The smallest absolute Gasteiger partial charge is 0.306 e. The molecule has 0 aromatic heterocycles. The molecule has 5 heteroatoms. The summed E-state index contributed by atoms with van der Waals surface area (Å²) in [4.78, 5) is 25.3. The molecule has 2 fully saturated rings.